The lowest BCUT2D eigenvalue weighted by Gasteiger charge is -2.30. The standard InChI is InChI=1S/C20H26N2O4S/c1-15-5-6-19(14-16(15)2)27(24,25)22-11-8-17(9-12-22)20(23)21-10-7-18-4-3-13-26-18/h3-6,13-14,17H,7-12H2,1-2H3,(H,21,23). The van der Waals surface area contributed by atoms with Crippen LogP contribution in [-0.2, 0) is 21.2 Å². The summed E-state index contributed by atoms with van der Waals surface area (Å²) in [6.45, 7) is 5.12. The predicted octanol–water partition coefficient (Wildman–Crippen LogP) is 2.66. The van der Waals surface area contributed by atoms with Crippen LogP contribution in [0, 0.1) is 19.8 Å². The number of hydrogen-bond donors (Lipinski definition) is 1. The molecule has 1 aliphatic rings. The molecule has 0 saturated carbocycles. The molecule has 7 heteroatoms. The summed E-state index contributed by atoms with van der Waals surface area (Å²) in [5, 5.41) is 2.92. The van der Waals surface area contributed by atoms with Crippen molar-refractivity contribution >= 4 is 15.9 Å². The second-order valence-electron chi connectivity index (χ2n) is 7.04. The molecule has 1 aromatic heterocycles. The van der Waals surface area contributed by atoms with Crippen LogP contribution in [0.1, 0.15) is 29.7 Å². The van der Waals surface area contributed by atoms with E-state index in [-0.39, 0.29) is 11.8 Å². The Morgan fingerprint density at radius 2 is 1.93 bits per heavy atom. The van der Waals surface area contributed by atoms with E-state index in [1.807, 2.05) is 32.0 Å². The van der Waals surface area contributed by atoms with Gasteiger partial charge in [-0.1, -0.05) is 6.07 Å². The fourth-order valence-corrected chi connectivity index (χ4v) is 4.85. The van der Waals surface area contributed by atoms with Gasteiger partial charge in [-0.25, -0.2) is 8.42 Å². The van der Waals surface area contributed by atoms with Crippen LogP contribution in [0.2, 0.25) is 0 Å². The molecule has 1 amide bonds. The van der Waals surface area contributed by atoms with Crippen LogP contribution in [0.15, 0.2) is 45.9 Å². The Morgan fingerprint density at radius 1 is 1.19 bits per heavy atom. The first kappa shape index (κ1) is 19.6. The van der Waals surface area contributed by atoms with Crippen molar-refractivity contribution < 1.29 is 17.6 Å². The minimum Gasteiger partial charge on any atom is -0.469 e. The van der Waals surface area contributed by atoms with Crippen molar-refractivity contribution in [1.82, 2.24) is 9.62 Å². The topological polar surface area (TPSA) is 79.6 Å². The SMILES string of the molecule is Cc1ccc(S(=O)(=O)N2CCC(C(=O)NCCc3ccco3)CC2)cc1C. The first-order chi connectivity index (χ1) is 12.9. The zero-order chi connectivity index (χ0) is 19.4. The van der Waals surface area contributed by atoms with Gasteiger partial charge in [0.05, 0.1) is 11.2 Å². The Kier molecular flexibility index (Phi) is 6.01. The monoisotopic (exact) mass is 390 g/mol. The third kappa shape index (κ3) is 4.59. The van der Waals surface area contributed by atoms with Crippen molar-refractivity contribution in [3.05, 3.63) is 53.5 Å². The van der Waals surface area contributed by atoms with Crippen molar-refractivity contribution in [3.63, 3.8) is 0 Å². The molecule has 0 aliphatic carbocycles. The van der Waals surface area contributed by atoms with Gasteiger partial charge in [0.2, 0.25) is 15.9 Å². The van der Waals surface area contributed by atoms with Gasteiger partial charge >= 0.3 is 0 Å². The van der Waals surface area contributed by atoms with Gasteiger partial charge in [-0.2, -0.15) is 4.31 Å². The Morgan fingerprint density at radius 3 is 2.56 bits per heavy atom. The van der Waals surface area contributed by atoms with Gasteiger partial charge < -0.3 is 9.73 Å². The quantitative estimate of drug-likeness (QED) is 0.822. The number of hydrogen-bond acceptors (Lipinski definition) is 4. The van der Waals surface area contributed by atoms with Crippen molar-refractivity contribution in [2.45, 2.75) is 38.0 Å². The number of carbonyl (C=O) groups is 1. The molecule has 1 saturated heterocycles. The van der Waals surface area contributed by atoms with E-state index < -0.39 is 10.0 Å². The number of furan rings is 1. The zero-order valence-electron chi connectivity index (χ0n) is 15.8. The Bertz CT molecular complexity index is 883. The molecule has 6 nitrogen and oxygen atoms in total. The highest BCUT2D eigenvalue weighted by Crippen LogP contribution is 2.25. The van der Waals surface area contributed by atoms with E-state index in [0.29, 0.717) is 43.8 Å². The van der Waals surface area contributed by atoms with Crippen molar-refractivity contribution in [1.29, 1.82) is 0 Å². The van der Waals surface area contributed by atoms with E-state index in [1.54, 1.807) is 18.4 Å². The zero-order valence-corrected chi connectivity index (χ0v) is 16.6. The van der Waals surface area contributed by atoms with E-state index in [9.17, 15) is 13.2 Å². The van der Waals surface area contributed by atoms with Gasteiger partial charge in [-0.3, -0.25) is 4.79 Å². The van der Waals surface area contributed by atoms with Crippen LogP contribution in [0.5, 0.6) is 0 Å². The molecule has 0 radical (unpaired) electrons. The van der Waals surface area contributed by atoms with Crippen LogP contribution in [-0.4, -0.2) is 38.3 Å². The maximum atomic E-state index is 12.8. The van der Waals surface area contributed by atoms with E-state index >= 15 is 0 Å². The summed E-state index contributed by atoms with van der Waals surface area (Å²) in [6.07, 6.45) is 3.34. The summed E-state index contributed by atoms with van der Waals surface area (Å²) in [4.78, 5) is 12.7. The molecule has 2 heterocycles. The first-order valence-electron chi connectivity index (χ1n) is 9.25. The molecular formula is C20H26N2O4S. The van der Waals surface area contributed by atoms with Crippen LogP contribution < -0.4 is 5.32 Å². The normalized spacial score (nSPS) is 16.4. The third-order valence-corrected chi connectivity index (χ3v) is 7.09. The van der Waals surface area contributed by atoms with Gasteiger partial charge in [0.1, 0.15) is 5.76 Å². The number of rotatable bonds is 6. The molecule has 3 rings (SSSR count). The Hall–Kier alpha value is -2.12. The number of benzene rings is 1. The molecule has 0 atom stereocenters. The van der Waals surface area contributed by atoms with E-state index in [1.165, 1.54) is 4.31 Å². The molecule has 1 aliphatic heterocycles. The maximum absolute atomic E-state index is 12.8. The highest BCUT2D eigenvalue weighted by molar-refractivity contribution is 7.89. The van der Waals surface area contributed by atoms with Crippen LogP contribution >= 0.6 is 0 Å². The summed E-state index contributed by atoms with van der Waals surface area (Å²) in [5.41, 5.74) is 2.03. The average Bonchev–Trinajstić information content (AvgIpc) is 3.17. The number of nitrogens with one attached hydrogen (secondary N) is 1. The summed E-state index contributed by atoms with van der Waals surface area (Å²) in [5.74, 6) is 0.683. The van der Waals surface area contributed by atoms with E-state index in [0.717, 1.165) is 16.9 Å². The van der Waals surface area contributed by atoms with Crippen molar-refractivity contribution in [3.8, 4) is 0 Å². The van der Waals surface area contributed by atoms with Gasteiger partial charge in [-0.05, 0) is 62.1 Å². The summed E-state index contributed by atoms with van der Waals surface area (Å²) in [6, 6.07) is 8.91. The molecule has 0 unspecified atom stereocenters. The summed E-state index contributed by atoms with van der Waals surface area (Å²) >= 11 is 0. The molecule has 27 heavy (non-hydrogen) atoms. The maximum Gasteiger partial charge on any atom is 0.243 e. The lowest BCUT2D eigenvalue weighted by Crippen LogP contribution is -2.43. The minimum atomic E-state index is -3.51. The largest absolute Gasteiger partial charge is 0.469 e. The number of amides is 1. The predicted molar refractivity (Wildman–Crippen MR) is 103 cm³/mol. The minimum absolute atomic E-state index is 0.00946. The molecule has 0 bridgehead atoms. The molecule has 146 valence electrons. The van der Waals surface area contributed by atoms with Gasteiger partial charge in [-0.15, -0.1) is 0 Å². The van der Waals surface area contributed by atoms with Crippen molar-refractivity contribution in [2.24, 2.45) is 5.92 Å². The molecule has 1 fully saturated rings. The Balaban J connectivity index is 1.53. The molecule has 1 aromatic carbocycles. The van der Waals surface area contributed by atoms with Gasteiger partial charge in [0.15, 0.2) is 0 Å². The number of nitrogens with zero attached hydrogens (tertiary/aromatic N) is 1. The number of aryl methyl sites for hydroxylation is 2. The number of carbonyl (C=O) groups excluding carboxylic acids is 1. The van der Waals surface area contributed by atoms with E-state index in [2.05, 4.69) is 5.32 Å². The second kappa shape index (κ2) is 8.27. The summed E-state index contributed by atoms with van der Waals surface area (Å²) < 4.78 is 32.4. The first-order valence-corrected chi connectivity index (χ1v) is 10.7. The highest BCUT2D eigenvalue weighted by atomic mass is 32.2. The fraction of sp³-hybridized carbons (Fsp3) is 0.450. The van der Waals surface area contributed by atoms with Crippen LogP contribution in [0.3, 0.4) is 0 Å². The molecule has 1 N–H and O–H groups in total. The Labute approximate surface area is 160 Å². The average molecular weight is 391 g/mol. The number of sulfonamides is 1. The van der Waals surface area contributed by atoms with Crippen LogP contribution in [0.4, 0.5) is 0 Å². The lowest BCUT2D eigenvalue weighted by atomic mass is 9.97. The van der Waals surface area contributed by atoms with Crippen molar-refractivity contribution in [2.75, 3.05) is 19.6 Å². The molecule has 2 aromatic rings. The van der Waals surface area contributed by atoms with E-state index in [4.69, 9.17) is 4.42 Å². The lowest BCUT2D eigenvalue weighted by molar-refractivity contribution is -0.126. The van der Waals surface area contributed by atoms with Gasteiger partial charge in [0, 0.05) is 32.0 Å². The fourth-order valence-electron chi connectivity index (χ4n) is 3.29. The third-order valence-electron chi connectivity index (χ3n) is 5.19. The summed E-state index contributed by atoms with van der Waals surface area (Å²) in [7, 11) is -3.51. The smallest absolute Gasteiger partial charge is 0.243 e. The second-order valence-corrected chi connectivity index (χ2v) is 8.98. The molecule has 0 spiro atoms. The molecular weight excluding hydrogens is 364 g/mol. The van der Waals surface area contributed by atoms with Gasteiger partial charge in [0.25, 0.3) is 0 Å². The van der Waals surface area contributed by atoms with Crippen LogP contribution in [0.25, 0.3) is 0 Å². The highest BCUT2D eigenvalue weighted by Gasteiger charge is 2.32. The number of piperidine rings is 1.